The van der Waals surface area contributed by atoms with E-state index in [-0.39, 0.29) is 16.6 Å². The highest BCUT2D eigenvalue weighted by molar-refractivity contribution is 7.89. The van der Waals surface area contributed by atoms with Crippen LogP contribution >= 0.6 is 0 Å². The number of ether oxygens (including phenoxy) is 1. The Morgan fingerprint density at radius 1 is 1.16 bits per heavy atom. The van der Waals surface area contributed by atoms with Gasteiger partial charge in [-0.25, -0.2) is 17.5 Å². The maximum absolute atomic E-state index is 13.0. The Kier molecular flexibility index (Phi) is 5.76. The van der Waals surface area contributed by atoms with Gasteiger partial charge in [-0.1, -0.05) is 12.1 Å². The second-order valence-electron chi connectivity index (χ2n) is 5.44. The SMILES string of the molecule is COc1cc(S(=O)(=O)NC(C)c2ccc(F)cc2)ccc1NC(C)=O. The molecule has 0 spiro atoms. The third-order valence-electron chi connectivity index (χ3n) is 3.50. The second kappa shape index (κ2) is 7.62. The summed E-state index contributed by atoms with van der Waals surface area (Å²) >= 11 is 0. The Bertz CT molecular complexity index is 867. The minimum absolute atomic E-state index is 0.00702. The molecule has 0 aliphatic heterocycles. The van der Waals surface area contributed by atoms with E-state index >= 15 is 0 Å². The van der Waals surface area contributed by atoms with Crippen LogP contribution in [0.4, 0.5) is 10.1 Å². The van der Waals surface area contributed by atoms with Crippen molar-refractivity contribution in [1.82, 2.24) is 4.72 Å². The van der Waals surface area contributed by atoms with Gasteiger partial charge in [0.2, 0.25) is 15.9 Å². The summed E-state index contributed by atoms with van der Waals surface area (Å²) in [6, 6.07) is 9.17. The van der Waals surface area contributed by atoms with Gasteiger partial charge < -0.3 is 10.1 Å². The fraction of sp³-hybridized carbons (Fsp3) is 0.235. The van der Waals surface area contributed by atoms with E-state index in [1.165, 1.54) is 56.5 Å². The number of halogens is 1. The van der Waals surface area contributed by atoms with Crippen LogP contribution in [-0.2, 0) is 14.8 Å². The first-order chi connectivity index (χ1) is 11.7. The number of methoxy groups -OCH3 is 1. The summed E-state index contributed by atoms with van der Waals surface area (Å²) < 4.78 is 45.8. The number of nitrogens with one attached hydrogen (secondary N) is 2. The van der Waals surface area contributed by atoms with Crippen molar-refractivity contribution in [2.45, 2.75) is 24.8 Å². The molecular formula is C17H19FN2O4S. The van der Waals surface area contributed by atoms with Gasteiger partial charge in [0.15, 0.2) is 0 Å². The van der Waals surface area contributed by atoms with E-state index in [2.05, 4.69) is 10.0 Å². The summed E-state index contributed by atoms with van der Waals surface area (Å²) in [7, 11) is -2.45. The van der Waals surface area contributed by atoms with Crippen molar-refractivity contribution in [3.05, 3.63) is 53.8 Å². The predicted molar refractivity (Wildman–Crippen MR) is 92.4 cm³/mol. The molecule has 2 N–H and O–H groups in total. The lowest BCUT2D eigenvalue weighted by Crippen LogP contribution is -2.27. The number of carbonyl (C=O) groups is 1. The number of anilines is 1. The number of carbonyl (C=O) groups excluding carboxylic acids is 1. The second-order valence-corrected chi connectivity index (χ2v) is 7.15. The lowest BCUT2D eigenvalue weighted by Gasteiger charge is -2.16. The van der Waals surface area contributed by atoms with Crippen molar-refractivity contribution >= 4 is 21.6 Å². The molecule has 2 aromatic rings. The van der Waals surface area contributed by atoms with Crippen molar-refractivity contribution in [2.75, 3.05) is 12.4 Å². The maximum atomic E-state index is 13.0. The maximum Gasteiger partial charge on any atom is 0.241 e. The zero-order valence-electron chi connectivity index (χ0n) is 14.0. The average Bonchev–Trinajstić information content (AvgIpc) is 2.54. The zero-order chi connectivity index (χ0) is 18.6. The molecule has 8 heteroatoms. The third-order valence-corrected chi connectivity index (χ3v) is 5.03. The first-order valence-electron chi connectivity index (χ1n) is 7.46. The van der Waals surface area contributed by atoms with Gasteiger partial charge in [0.25, 0.3) is 0 Å². The quantitative estimate of drug-likeness (QED) is 0.823. The standard InChI is InChI=1S/C17H19FN2O4S/c1-11(13-4-6-14(18)7-5-13)20-25(22,23)15-8-9-16(19-12(2)21)17(10-15)24-3/h4-11,20H,1-3H3,(H,19,21). The number of hydrogen-bond acceptors (Lipinski definition) is 4. The van der Waals surface area contributed by atoms with Crippen molar-refractivity contribution in [1.29, 1.82) is 0 Å². The molecule has 25 heavy (non-hydrogen) atoms. The molecule has 1 amide bonds. The summed E-state index contributed by atoms with van der Waals surface area (Å²) in [5, 5.41) is 2.56. The van der Waals surface area contributed by atoms with E-state index in [1.54, 1.807) is 6.92 Å². The normalized spacial score (nSPS) is 12.5. The number of amides is 1. The molecule has 134 valence electrons. The summed E-state index contributed by atoms with van der Waals surface area (Å²) in [6.45, 7) is 3.00. The van der Waals surface area contributed by atoms with Crippen LogP contribution in [-0.4, -0.2) is 21.4 Å². The minimum atomic E-state index is -3.83. The van der Waals surface area contributed by atoms with Gasteiger partial charge in [0, 0.05) is 19.0 Å². The van der Waals surface area contributed by atoms with Crippen LogP contribution in [0, 0.1) is 5.82 Å². The molecule has 0 aliphatic carbocycles. The van der Waals surface area contributed by atoms with Gasteiger partial charge in [0.1, 0.15) is 11.6 Å². The summed E-state index contributed by atoms with van der Waals surface area (Å²) in [6.07, 6.45) is 0. The molecule has 0 bridgehead atoms. The van der Waals surface area contributed by atoms with Crippen molar-refractivity contribution in [3.63, 3.8) is 0 Å². The Hall–Kier alpha value is -2.45. The summed E-state index contributed by atoms with van der Waals surface area (Å²) in [5.74, 6) is -0.457. The van der Waals surface area contributed by atoms with Crippen LogP contribution < -0.4 is 14.8 Å². The van der Waals surface area contributed by atoms with E-state index in [0.29, 0.717) is 11.3 Å². The van der Waals surface area contributed by atoms with Gasteiger partial charge >= 0.3 is 0 Å². The molecule has 0 heterocycles. The molecular weight excluding hydrogens is 347 g/mol. The topological polar surface area (TPSA) is 84.5 Å². The molecule has 1 atom stereocenters. The third kappa shape index (κ3) is 4.77. The lowest BCUT2D eigenvalue weighted by molar-refractivity contribution is -0.114. The Balaban J connectivity index is 2.26. The summed E-state index contributed by atoms with van der Waals surface area (Å²) in [5.41, 5.74) is 1.01. The molecule has 1 unspecified atom stereocenters. The molecule has 0 saturated carbocycles. The molecule has 0 aromatic heterocycles. The van der Waals surface area contributed by atoms with Gasteiger partial charge in [0.05, 0.1) is 17.7 Å². The van der Waals surface area contributed by atoms with E-state index in [4.69, 9.17) is 4.74 Å². The summed E-state index contributed by atoms with van der Waals surface area (Å²) in [4.78, 5) is 11.2. The predicted octanol–water partition coefficient (Wildman–Crippen LogP) is 2.83. The van der Waals surface area contributed by atoms with Gasteiger partial charge in [-0.05, 0) is 36.8 Å². The monoisotopic (exact) mass is 366 g/mol. The Morgan fingerprint density at radius 2 is 1.80 bits per heavy atom. The molecule has 6 nitrogen and oxygen atoms in total. The highest BCUT2D eigenvalue weighted by Crippen LogP contribution is 2.28. The van der Waals surface area contributed by atoms with Crippen LogP contribution in [0.5, 0.6) is 5.75 Å². The van der Waals surface area contributed by atoms with Gasteiger partial charge in [-0.15, -0.1) is 0 Å². The fourth-order valence-electron chi connectivity index (χ4n) is 2.25. The van der Waals surface area contributed by atoms with Crippen LogP contribution in [0.3, 0.4) is 0 Å². The zero-order valence-corrected chi connectivity index (χ0v) is 14.9. The van der Waals surface area contributed by atoms with E-state index in [9.17, 15) is 17.6 Å². The van der Waals surface area contributed by atoms with Crippen LogP contribution in [0.1, 0.15) is 25.5 Å². The Morgan fingerprint density at radius 3 is 2.36 bits per heavy atom. The van der Waals surface area contributed by atoms with Gasteiger partial charge in [-0.3, -0.25) is 4.79 Å². The molecule has 0 aliphatic rings. The number of benzene rings is 2. The molecule has 0 fully saturated rings. The van der Waals surface area contributed by atoms with Crippen molar-refractivity contribution < 1.29 is 22.3 Å². The number of rotatable bonds is 6. The Labute approximate surface area is 146 Å². The van der Waals surface area contributed by atoms with Crippen LogP contribution in [0.25, 0.3) is 0 Å². The van der Waals surface area contributed by atoms with E-state index in [1.807, 2.05) is 0 Å². The largest absolute Gasteiger partial charge is 0.495 e. The highest BCUT2D eigenvalue weighted by Gasteiger charge is 2.20. The van der Waals surface area contributed by atoms with Crippen LogP contribution in [0.2, 0.25) is 0 Å². The molecule has 0 saturated heterocycles. The average molecular weight is 366 g/mol. The first kappa shape index (κ1) is 18.9. The number of sulfonamides is 1. The van der Waals surface area contributed by atoms with E-state index in [0.717, 1.165) is 0 Å². The molecule has 2 rings (SSSR count). The van der Waals surface area contributed by atoms with Crippen LogP contribution in [0.15, 0.2) is 47.4 Å². The molecule has 0 radical (unpaired) electrons. The highest BCUT2D eigenvalue weighted by atomic mass is 32.2. The van der Waals surface area contributed by atoms with Crippen molar-refractivity contribution in [2.24, 2.45) is 0 Å². The van der Waals surface area contributed by atoms with E-state index < -0.39 is 21.9 Å². The molecule has 2 aromatic carbocycles. The van der Waals surface area contributed by atoms with Crippen molar-refractivity contribution in [3.8, 4) is 5.75 Å². The van der Waals surface area contributed by atoms with Gasteiger partial charge in [-0.2, -0.15) is 0 Å². The lowest BCUT2D eigenvalue weighted by atomic mass is 10.1. The fourth-order valence-corrected chi connectivity index (χ4v) is 3.50. The number of hydrogen-bond donors (Lipinski definition) is 2. The smallest absolute Gasteiger partial charge is 0.241 e. The minimum Gasteiger partial charge on any atom is -0.495 e. The first-order valence-corrected chi connectivity index (χ1v) is 8.94.